The molecule has 0 heterocycles. The molecule has 5 radical (unpaired) electrons. The number of unbranched alkanes of at least 4 members (excludes halogenated alkanes) is 3. The van der Waals surface area contributed by atoms with Gasteiger partial charge in [0.05, 0.1) is 0 Å². The average molecular weight is 614 g/mol. The van der Waals surface area contributed by atoms with E-state index >= 15 is 0 Å². The first kappa shape index (κ1) is 39.1. The van der Waals surface area contributed by atoms with Gasteiger partial charge in [-0.1, -0.05) is 94.5 Å². The van der Waals surface area contributed by atoms with E-state index in [0.717, 1.165) is 0 Å². The third-order valence-corrected chi connectivity index (χ3v) is 5.48. The number of halogens is 2. The quantitative estimate of drug-likeness (QED) is 0.107. The summed E-state index contributed by atoms with van der Waals surface area (Å²) in [4.78, 5) is 0. The molecule has 5 aromatic carbocycles. The molecule has 0 atom stereocenters. The van der Waals surface area contributed by atoms with Crippen molar-refractivity contribution in [3.63, 3.8) is 0 Å². The van der Waals surface area contributed by atoms with Gasteiger partial charge < -0.3 is 7.43 Å². The number of hydrogen-bond acceptors (Lipinski definition) is 0. The zero-order valence-corrected chi connectivity index (χ0v) is 27.1. The summed E-state index contributed by atoms with van der Waals surface area (Å²) in [7, 11) is 0. The van der Waals surface area contributed by atoms with Crippen molar-refractivity contribution in [3.8, 4) is 11.1 Å². The molecule has 0 aliphatic heterocycles. The van der Waals surface area contributed by atoms with Crippen LogP contribution < -0.4 is 0 Å². The van der Waals surface area contributed by atoms with Gasteiger partial charge in [0, 0.05) is 11.0 Å². The summed E-state index contributed by atoms with van der Waals surface area (Å²) in [6, 6.07) is 36.2. The smallest absolute Gasteiger partial charge is 0.358 e. The Kier molecular flexibility index (Phi) is 23.5. The molecule has 0 N–H and O–H groups in total. The molecular weight excluding hydrogens is 575 g/mol. The van der Waals surface area contributed by atoms with E-state index in [1.807, 2.05) is 0 Å². The van der Waals surface area contributed by atoms with E-state index in [2.05, 4.69) is 124 Å². The van der Waals surface area contributed by atoms with Gasteiger partial charge in [-0.15, -0.1) is 89.0 Å². The molecule has 0 amide bonds. The van der Waals surface area contributed by atoms with E-state index in [4.69, 9.17) is 0 Å². The summed E-state index contributed by atoms with van der Waals surface area (Å²) in [6.45, 7) is 6.61. The summed E-state index contributed by atoms with van der Waals surface area (Å²) in [5.41, 5.74) is 3.95. The van der Waals surface area contributed by atoms with Gasteiger partial charge >= 0.3 is 26.2 Å². The third-order valence-electron chi connectivity index (χ3n) is 5.48. The molecular formula is C32H39Cl2SiZr. The molecule has 0 saturated carbocycles. The van der Waals surface area contributed by atoms with Crippen LogP contribution in [-0.2, 0) is 26.2 Å². The zero-order chi connectivity index (χ0) is 21.9. The van der Waals surface area contributed by atoms with Crippen LogP contribution in [-0.4, -0.2) is 11.0 Å². The number of rotatable bonds is 4. The maximum Gasteiger partial charge on any atom is 3.00 e. The average Bonchev–Trinajstić information content (AvgIpc) is 3.44. The zero-order valence-electron chi connectivity index (χ0n) is 22.0. The number of aryl methyl sites for hydroxylation is 1. The monoisotopic (exact) mass is 611 g/mol. The first-order valence-corrected chi connectivity index (χ1v) is 11.5. The Hall–Kier alpha value is -1.44. The number of benzene rings is 3. The number of fused-ring (bicyclic) bond motifs is 2. The van der Waals surface area contributed by atoms with Crippen molar-refractivity contribution in [2.75, 3.05) is 0 Å². The minimum Gasteiger partial charge on any atom is -0.358 e. The molecule has 0 bridgehead atoms. The summed E-state index contributed by atoms with van der Waals surface area (Å²) >= 11 is 0. The second-order valence-electron chi connectivity index (χ2n) is 8.07. The Labute approximate surface area is 255 Å². The summed E-state index contributed by atoms with van der Waals surface area (Å²) in [5, 5.41) is 5.35. The molecule has 36 heavy (non-hydrogen) atoms. The van der Waals surface area contributed by atoms with Crippen molar-refractivity contribution in [3.05, 3.63) is 116 Å². The first-order chi connectivity index (χ1) is 15.2. The SMILES string of the molecule is CCCCCC.Cc1cc2c(-c3ccccc3)cccc2[cH-]1.Cl.Cl.[CH3-].[Si].[Zr+3].c1ccc2[cH-]ccc2c1. The van der Waals surface area contributed by atoms with Gasteiger partial charge in [-0.25, -0.2) is 0 Å². The predicted octanol–water partition coefficient (Wildman–Crippen LogP) is 10.6. The minimum absolute atomic E-state index is 0. The van der Waals surface area contributed by atoms with Gasteiger partial charge in [0.15, 0.2) is 0 Å². The predicted molar refractivity (Wildman–Crippen MR) is 166 cm³/mol. The van der Waals surface area contributed by atoms with Crippen molar-refractivity contribution in [2.45, 2.75) is 46.5 Å². The Morgan fingerprint density at radius 1 is 0.694 bits per heavy atom. The van der Waals surface area contributed by atoms with Gasteiger partial charge in [0.2, 0.25) is 0 Å². The van der Waals surface area contributed by atoms with Gasteiger partial charge in [-0.2, -0.15) is 23.6 Å². The Balaban J connectivity index is -0.000000474. The van der Waals surface area contributed by atoms with E-state index in [9.17, 15) is 0 Å². The molecule has 5 aromatic rings. The van der Waals surface area contributed by atoms with E-state index in [1.165, 1.54) is 63.9 Å². The minimum atomic E-state index is 0. The van der Waals surface area contributed by atoms with Crippen LogP contribution in [0.5, 0.6) is 0 Å². The topological polar surface area (TPSA) is 0 Å². The maximum atomic E-state index is 2.26. The first-order valence-electron chi connectivity index (χ1n) is 11.5. The standard InChI is InChI=1S/C16H13.C9H7.C6H14.CH3.2ClH.Si.Zr/c1-12-10-14-8-5-9-15(16(14)11-12)13-6-3-2-4-7-13;1-2-5-9-7-3-6-8(9)4-1;1-3-5-6-4-2;;;;;/h2-11H,1H3;1-7H;3-6H2,1-2H3;1H3;2*1H;;/q2*-1;;-1;;;;+3. The van der Waals surface area contributed by atoms with Crippen molar-refractivity contribution < 1.29 is 26.2 Å². The second-order valence-corrected chi connectivity index (χ2v) is 8.07. The van der Waals surface area contributed by atoms with Gasteiger partial charge in [-0.05, 0) is 5.56 Å². The molecule has 0 spiro atoms. The van der Waals surface area contributed by atoms with Crippen LogP contribution in [0.4, 0.5) is 0 Å². The van der Waals surface area contributed by atoms with Crippen LogP contribution >= 0.6 is 24.8 Å². The largest absolute Gasteiger partial charge is 3.00 e. The Morgan fingerprint density at radius 3 is 1.89 bits per heavy atom. The van der Waals surface area contributed by atoms with E-state index in [0.29, 0.717) is 0 Å². The molecule has 0 nitrogen and oxygen atoms in total. The van der Waals surface area contributed by atoms with Crippen LogP contribution in [0.15, 0.2) is 103 Å². The van der Waals surface area contributed by atoms with Crippen LogP contribution in [0.1, 0.15) is 45.1 Å². The molecule has 0 aromatic heterocycles. The molecule has 0 unspecified atom stereocenters. The van der Waals surface area contributed by atoms with Crippen molar-refractivity contribution >= 4 is 57.3 Å². The van der Waals surface area contributed by atoms with Crippen molar-refractivity contribution in [2.24, 2.45) is 0 Å². The van der Waals surface area contributed by atoms with Gasteiger partial charge in [-0.3, -0.25) is 0 Å². The summed E-state index contributed by atoms with van der Waals surface area (Å²) < 4.78 is 0. The fourth-order valence-corrected chi connectivity index (χ4v) is 3.82. The second kappa shape index (κ2) is 21.6. The van der Waals surface area contributed by atoms with Crippen LogP contribution in [0, 0.1) is 14.4 Å². The molecule has 5 rings (SSSR count). The Morgan fingerprint density at radius 2 is 1.28 bits per heavy atom. The third kappa shape index (κ3) is 11.7. The molecule has 189 valence electrons. The molecule has 0 fully saturated rings. The molecule has 0 aliphatic carbocycles. The van der Waals surface area contributed by atoms with Gasteiger partial charge in [0.1, 0.15) is 0 Å². The summed E-state index contributed by atoms with van der Waals surface area (Å²) in [5.74, 6) is 0. The van der Waals surface area contributed by atoms with E-state index < -0.39 is 0 Å². The van der Waals surface area contributed by atoms with Crippen molar-refractivity contribution in [1.29, 1.82) is 0 Å². The van der Waals surface area contributed by atoms with E-state index in [-0.39, 0.29) is 69.4 Å². The molecule has 0 aliphatic rings. The fraction of sp³-hybridized carbons (Fsp3) is 0.219. The van der Waals surface area contributed by atoms with Crippen LogP contribution in [0.25, 0.3) is 32.7 Å². The number of hydrogen-bond donors (Lipinski definition) is 0. The van der Waals surface area contributed by atoms with Gasteiger partial charge in [0.25, 0.3) is 0 Å². The molecule has 0 saturated heterocycles. The molecule has 4 heteroatoms. The fourth-order valence-electron chi connectivity index (χ4n) is 3.82. The summed E-state index contributed by atoms with van der Waals surface area (Å²) in [6.07, 6.45) is 5.54. The van der Waals surface area contributed by atoms with Crippen molar-refractivity contribution in [1.82, 2.24) is 0 Å². The normalized spacial score (nSPS) is 8.86. The van der Waals surface area contributed by atoms with E-state index in [1.54, 1.807) is 0 Å². The Bertz CT molecular complexity index is 1140. The maximum absolute atomic E-state index is 2.26. The van der Waals surface area contributed by atoms with Crippen LogP contribution in [0.2, 0.25) is 0 Å². The van der Waals surface area contributed by atoms with Crippen LogP contribution in [0.3, 0.4) is 0 Å².